The Kier molecular flexibility index (Phi) is 7.31. The van der Waals surface area contributed by atoms with Gasteiger partial charge in [0.2, 0.25) is 0 Å². The molecule has 0 saturated carbocycles. The van der Waals surface area contributed by atoms with E-state index in [1.54, 1.807) is 6.92 Å². The van der Waals surface area contributed by atoms with Gasteiger partial charge in [-0.1, -0.05) is 56.3 Å². The Morgan fingerprint density at radius 2 is 1.17 bits per heavy atom. The lowest BCUT2D eigenvalue weighted by Crippen LogP contribution is -2.18. The molecule has 35 heavy (non-hydrogen) atoms. The molecule has 0 aliphatic carbocycles. The maximum Gasteiger partial charge on any atom is 0.123 e. The summed E-state index contributed by atoms with van der Waals surface area (Å²) < 4.78 is 25.2. The Bertz CT molecular complexity index is 1280. The van der Waals surface area contributed by atoms with Crippen LogP contribution in [0.5, 0.6) is 11.5 Å². The number of ether oxygens (including phenoxy) is 2. The highest BCUT2D eigenvalue weighted by atomic mass is 19.1. The van der Waals surface area contributed by atoms with Crippen molar-refractivity contribution >= 4 is 5.71 Å². The van der Waals surface area contributed by atoms with Crippen molar-refractivity contribution in [3.63, 3.8) is 0 Å². The normalized spacial score (nSPS) is 11.2. The van der Waals surface area contributed by atoms with Crippen LogP contribution >= 0.6 is 0 Å². The van der Waals surface area contributed by atoms with E-state index in [1.165, 1.54) is 12.1 Å². The number of hydrogen-bond acceptors (Lipinski definition) is 3. The van der Waals surface area contributed by atoms with E-state index in [2.05, 4.69) is 32.0 Å². The second-order valence-electron chi connectivity index (χ2n) is 9.20. The number of hydrogen-bond donors (Lipinski definition) is 1. The molecule has 0 saturated heterocycles. The van der Waals surface area contributed by atoms with Crippen LogP contribution in [0, 0.1) is 11.2 Å². The molecule has 0 aliphatic heterocycles. The van der Waals surface area contributed by atoms with Crippen LogP contribution < -0.4 is 9.47 Å². The van der Waals surface area contributed by atoms with Gasteiger partial charge in [0.25, 0.3) is 0 Å². The fourth-order valence-corrected chi connectivity index (χ4v) is 3.94. The van der Waals surface area contributed by atoms with Crippen LogP contribution in [0.4, 0.5) is 4.39 Å². The zero-order valence-corrected chi connectivity index (χ0v) is 20.3. The second-order valence-corrected chi connectivity index (χ2v) is 9.20. The molecule has 178 valence electrons. The topological polar surface area (TPSA) is 42.3 Å². The monoisotopic (exact) mass is 467 g/mol. The van der Waals surface area contributed by atoms with E-state index < -0.39 is 0 Å². The Morgan fingerprint density at radius 1 is 0.714 bits per heavy atom. The Labute approximate surface area is 206 Å². The lowest BCUT2D eigenvalue weighted by atomic mass is 9.78. The first kappa shape index (κ1) is 24.2. The molecule has 0 radical (unpaired) electrons. The predicted octanol–water partition coefficient (Wildman–Crippen LogP) is 7.70. The zero-order valence-electron chi connectivity index (χ0n) is 20.3. The van der Waals surface area contributed by atoms with E-state index in [4.69, 9.17) is 14.9 Å². The molecule has 0 heterocycles. The minimum Gasteiger partial charge on any atom is -0.489 e. The largest absolute Gasteiger partial charge is 0.489 e. The molecule has 0 aliphatic rings. The summed E-state index contributed by atoms with van der Waals surface area (Å²) in [5, 5.41) is 7.68. The summed E-state index contributed by atoms with van der Waals surface area (Å²) in [5.74, 6) is 1.35. The number of halogens is 1. The molecule has 0 atom stereocenters. The summed E-state index contributed by atoms with van der Waals surface area (Å²) in [5.41, 5.74) is 5.52. The Morgan fingerprint density at radius 3 is 1.66 bits per heavy atom. The Hall–Kier alpha value is -3.92. The first-order valence-electron chi connectivity index (χ1n) is 11.7. The molecule has 4 heteroatoms. The fraction of sp³-hybridized carbons (Fsp3) is 0.194. The van der Waals surface area contributed by atoms with Crippen LogP contribution in [-0.4, -0.2) is 5.71 Å². The lowest BCUT2D eigenvalue weighted by Gasteiger charge is -2.26. The molecule has 0 amide bonds. The maximum atomic E-state index is 13.3. The van der Waals surface area contributed by atoms with Crippen LogP contribution in [0.1, 0.15) is 48.6 Å². The van der Waals surface area contributed by atoms with E-state index in [0.717, 1.165) is 39.3 Å². The van der Waals surface area contributed by atoms with Gasteiger partial charge in [-0.3, -0.25) is 0 Å². The van der Waals surface area contributed by atoms with Crippen LogP contribution in [0.25, 0.3) is 0 Å². The average Bonchev–Trinajstić information content (AvgIpc) is 2.87. The van der Waals surface area contributed by atoms with Gasteiger partial charge in [-0.25, -0.2) is 4.39 Å². The molecular formula is C31H30FNO2. The average molecular weight is 468 g/mol. The highest BCUT2D eigenvalue weighted by Gasteiger charge is 2.23. The summed E-state index contributed by atoms with van der Waals surface area (Å²) in [6, 6.07) is 30.5. The van der Waals surface area contributed by atoms with E-state index in [9.17, 15) is 4.39 Å². The van der Waals surface area contributed by atoms with Gasteiger partial charge >= 0.3 is 0 Å². The minimum absolute atomic E-state index is 0.225. The van der Waals surface area contributed by atoms with Crippen LogP contribution in [0.15, 0.2) is 97.1 Å². The Balaban J connectivity index is 1.34. The molecule has 0 unspecified atom stereocenters. The van der Waals surface area contributed by atoms with Crippen molar-refractivity contribution in [3.05, 3.63) is 131 Å². The maximum absolute atomic E-state index is 13.3. The van der Waals surface area contributed by atoms with Gasteiger partial charge in [0.1, 0.15) is 30.5 Å². The quantitative estimate of drug-likeness (QED) is 0.256. The highest BCUT2D eigenvalue weighted by Crippen LogP contribution is 2.32. The molecule has 0 fully saturated rings. The summed E-state index contributed by atoms with van der Waals surface area (Å²) >= 11 is 0. The highest BCUT2D eigenvalue weighted by molar-refractivity contribution is 5.96. The van der Waals surface area contributed by atoms with Crippen molar-refractivity contribution in [1.29, 1.82) is 5.41 Å². The molecule has 0 bridgehead atoms. The molecule has 4 aromatic carbocycles. The third-order valence-corrected chi connectivity index (χ3v) is 6.23. The smallest absolute Gasteiger partial charge is 0.123 e. The van der Waals surface area contributed by atoms with Crippen molar-refractivity contribution < 1.29 is 13.9 Å². The molecule has 0 spiro atoms. The molecule has 4 rings (SSSR count). The molecule has 3 nitrogen and oxygen atoms in total. The van der Waals surface area contributed by atoms with Crippen molar-refractivity contribution in [1.82, 2.24) is 0 Å². The van der Waals surface area contributed by atoms with E-state index in [1.807, 2.05) is 66.7 Å². The number of benzene rings is 4. The van der Waals surface area contributed by atoms with Crippen LogP contribution in [0.2, 0.25) is 0 Å². The summed E-state index contributed by atoms with van der Waals surface area (Å²) in [6.07, 6.45) is 0. The van der Waals surface area contributed by atoms with E-state index >= 15 is 0 Å². The summed E-state index contributed by atoms with van der Waals surface area (Å²) in [6.45, 7) is 6.96. The SMILES string of the molecule is CC(=N)c1ccc(OCc2cccc(COc3ccc(C(C)(C)c4ccc(F)cc4)cc3)c2)cc1. The van der Waals surface area contributed by atoms with Crippen molar-refractivity contribution in [2.24, 2.45) is 0 Å². The third kappa shape index (κ3) is 6.15. The van der Waals surface area contributed by atoms with Crippen molar-refractivity contribution in [2.45, 2.75) is 39.4 Å². The van der Waals surface area contributed by atoms with Gasteiger partial charge in [-0.2, -0.15) is 0 Å². The number of rotatable bonds is 9. The van der Waals surface area contributed by atoms with Crippen molar-refractivity contribution in [2.75, 3.05) is 0 Å². The van der Waals surface area contributed by atoms with Gasteiger partial charge in [-0.15, -0.1) is 0 Å². The first-order valence-corrected chi connectivity index (χ1v) is 11.7. The fourth-order valence-electron chi connectivity index (χ4n) is 3.94. The van der Waals surface area contributed by atoms with E-state index in [0.29, 0.717) is 18.9 Å². The van der Waals surface area contributed by atoms with Gasteiger partial charge in [0.15, 0.2) is 0 Å². The van der Waals surface area contributed by atoms with Crippen molar-refractivity contribution in [3.8, 4) is 11.5 Å². The summed E-state index contributed by atoms with van der Waals surface area (Å²) in [4.78, 5) is 0. The van der Waals surface area contributed by atoms with Crippen LogP contribution in [0.3, 0.4) is 0 Å². The van der Waals surface area contributed by atoms with Gasteiger partial charge in [-0.05, 0) is 89.3 Å². The first-order chi connectivity index (χ1) is 16.8. The number of nitrogens with one attached hydrogen (secondary N) is 1. The third-order valence-electron chi connectivity index (χ3n) is 6.23. The molecule has 4 aromatic rings. The second kappa shape index (κ2) is 10.6. The molecular weight excluding hydrogens is 437 g/mol. The zero-order chi connectivity index (χ0) is 24.8. The van der Waals surface area contributed by atoms with Gasteiger partial charge in [0.05, 0.1) is 0 Å². The van der Waals surface area contributed by atoms with Gasteiger partial charge < -0.3 is 14.9 Å². The summed E-state index contributed by atoms with van der Waals surface area (Å²) in [7, 11) is 0. The lowest BCUT2D eigenvalue weighted by molar-refractivity contribution is 0.300. The van der Waals surface area contributed by atoms with Gasteiger partial charge in [0, 0.05) is 11.1 Å². The molecule has 0 aromatic heterocycles. The standard InChI is InChI=1S/C31H30FNO2/c1-22(33)25-7-15-29(16-8-25)34-20-23-5-4-6-24(19-23)21-35-30-17-11-27(12-18-30)31(2,3)26-9-13-28(32)14-10-26/h4-19,33H,20-21H2,1-3H3. The predicted molar refractivity (Wildman–Crippen MR) is 139 cm³/mol. The minimum atomic E-state index is -0.237. The van der Waals surface area contributed by atoms with E-state index in [-0.39, 0.29) is 11.2 Å². The van der Waals surface area contributed by atoms with Crippen LogP contribution in [-0.2, 0) is 18.6 Å². The molecule has 1 N–H and O–H groups in total.